The van der Waals surface area contributed by atoms with E-state index in [2.05, 4.69) is 5.32 Å². The first-order valence-corrected chi connectivity index (χ1v) is 14.7. The molecule has 1 saturated heterocycles. The summed E-state index contributed by atoms with van der Waals surface area (Å²) in [5.41, 5.74) is 2.91. The highest BCUT2D eigenvalue weighted by Crippen LogP contribution is 2.46. The number of amides is 2. The molecule has 1 atom stereocenters. The number of nitrogens with zero attached hydrogens (tertiary/aromatic N) is 3. The Labute approximate surface area is 206 Å². The van der Waals surface area contributed by atoms with Crippen LogP contribution in [0.15, 0.2) is 24.3 Å². The van der Waals surface area contributed by atoms with Gasteiger partial charge in [-0.3, -0.25) is 9.59 Å². The average molecular weight is 519 g/mol. The molecule has 8 nitrogen and oxygen atoms in total. The average Bonchev–Trinajstić information content (AvgIpc) is 3.38. The van der Waals surface area contributed by atoms with E-state index in [0.717, 1.165) is 50.3 Å². The van der Waals surface area contributed by atoms with Crippen LogP contribution in [-0.2, 0) is 32.6 Å². The van der Waals surface area contributed by atoms with Gasteiger partial charge in [0.15, 0.2) is 0 Å². The van der Waals surface area contributed by atoms with Gasteiger partial charge in [0.05, 0.1) is 23.0 Å². The van der Waals surface area contributed by atoms with Crippen LogP contribution in [0.25, 0.3) is 20.8 Å². The Balaban J connectivity index is 1.55. The molecule has 0 bridgehead atoms. The van der Waals surface area contributed by atoms with E-state index in [0.29, 0.717) is 37.5 Å². The molecule has 2 aliphatic rings. The molecule has 0 spiro atoms. The summed E-state index contributed by atoms with van der Waals surface area (Å²) < 4.78 is 27.0. The third-order valence-electron chi connectivity index (χ3n) is 6.43. The highest BCUT2D eigenvalue weighted by molar-refractivity contribution is 7.88. The van der Waals surface area contributed by atoms with Crippen LogP contribution < -0.4 is 5.32 Å². The van der Waals surface area contributed by atoms with E-state index in [1.165, 1.54) is 15.6 Å². The van der Waals surface area contributed by atoms with Gasteiger partial charge in [0.1, 0.15) is 16.1 Å². The van der Waals surface area contributed by atoms with Crippen LogP contribution in [-0.4, -0.2) is 59.8 Å². The van der Waals surface area contributed by atoms with E-state index < -0.39 is 16.1 Å². The Hall–Kier alpha value is -2.34. The number of rotatable bonds is 4. The zero-order chi connectivity index (χ0) is 24.0. The number of hydrogen-bond donors (Lipinski definition) is 1. The van der Waals surface area contributed by atoms with Gasteiger partial charge >= 0.3 is 0 Å². The number of piperidine rings is 1. The number of aromatic nitrogens is 1. The molecule has 3 aromatic rings. The van der Waals surface area contributed by atoms with Crippen LogP contribution in [0, 0.1) is 0 Å². The largest absolute Gasteiger partial charge is 0.337 e. The fraction of sp³-hybridized carbons (Fsp3) is 0.435. The first kappa shape index (κ1) is 23.4. The maximum atomic E-state index is 13.4. The second kappa shape index (κ2) is 9.03. The van der Waals surface area contributed by atoms with Gasteiger partial charge in [0.2, 0.25) is 21.8 Å². The van der Waals surface area contributed by atoms with Crippen LogP contribution in [0.5, 0.6) is 0 Å². The van der Waals surface area contributed by atoms with Gasteiger partial charge in [0, 0.05) is 30.5 Å². The number of carbonyl (C=O) groups is 2. The Kier molecular flexibility index (Phi) is 6.21. The standard InChI is InChI=1S/C23H26N4O4S3/c1-14(28)26-12-10-15-19(13-26)33-23(20(15)22-24-16-7-3-4-9-18(16)32-22)25-21(29)17-8-5-6-11-27(17)34(2,30)31/h3-4,7,9,17H,5-6,8,10-13H2,1-2H3,(H,25,29). The number of thiophene rings is 1. The molecule has 2 amide bonds. The first-order valence-electron chi connectivity index (χ1n) is 11.3. The minimum atomic E-state index is -3.49. The van der Waals surface area contributed by atoms with E-state index in [-0.39, 0.29) is 11.8 Å². The molecule has 1 N–H and O–H groups in total. The molecular weight excluding hydrogens is 492 g/mol. The molecule has 2 aliphatic heterocycles. The molecule has 1 aromatic carbocycles. The highest BCUT2D eigenvalue weighted by Gasteiger charge is 2.36. The Bertz CT molecular complexity index is 1350. The zero-order valence-corrected chi connectivity index (χ0v) is 21.5. The lowest BCUT2D eigenvalue weighted by molar-refractivity contribution is -0.129. The number of benzene rings is 1. The number of carbonyl (C=O) groups excluding carboxylic acids is 2. The maximum absolute atomic E-state index is 13.4. The SMILES string of the molecule is CC(=O)N1CCc2c(sc(NC(=O)C3CCCCN3S(C)(=O)=O)c2-c2nc3ccccc3s2)C1. The van der Waals surface area contributed by atoms with E-state index in [9.17, 15) is 18.0 Å². The van der Waals surface area contributed by atoms with Gasteiger partial charge < -0.3 is 10.2 Å². The summed E-state index contributed by atoms with van der Waals surface area (Å²) in [7, 11) is -3.49. The number of nitrogens with one attached hydrogen (secondary N) is 1. The smallest absolute Gasteiger partial charge is 0.243 e. The molecule has 0 aliphatic carbocycles. The lowest BCUT2D eigenvalue weighted by Gasteiger charge is -2.32. The van der Waals surface area contributed by atoms with Gasteiger partial charge in [-0.2, -0.15) is 4.31 Å². The molecule has 4 heterocycles. The number of hydrogen-bond acceptors (Lipinski definition) is 7. The van der Waals surface area contributed by atoms with Crippen molar-refractivity contribution in [1.29, 1.82) is 0 Å². The van der Waals surface area contributed by atoms with Crippen molar-refractivity contribution < 1.29 is 18.0 Å². The molecule has 34 heavy (non-hydrogen) atoms. The number of para-hydroxylation sites is 1. The van der Waals surface area contributed by atoms with Crippen molar-refractivity contribution in [2.45, 2.75) is 45.2 Å². The van der Waals surface area contributed by atoms with Crippen molar-refractivity contribution in [3.05, 3.63) is 34.7 Å². The summed E-state index contributed by atoms with van der Waals surface area (Å²) in [6.07, 6.45) is 3.90. The van der Waals surface area contributed by atoms with Gasteiger partial charge in [0.25, 0.3) is 0 Å². The van der Waals surface area contributed by atoms with Crippen molar-refractivity contribution in [3.8, 4) is 10.6 Å². The quantitative estimate of drug-likeness (QED) is 0.568. The van der Waals surface area contributed by atoms with E-state index in [4.69, 9.17) is 4.98 Å². The lowest BCUT2D eigenvalue weighted by Crippen LogP contribution is -2.49. The summed E-state index contributed by atoms with van der Waals surface area (Å²) in [5, 5.41) is 4.57. The van der Waals surface area contributed by atoms with E-state index in [1.54, 1.807) is 23.2 Å². The Morgan fingerprint density at radius 1 is 1.15 bits per heavy atom. The van der Waals surface area contributed by atoms with Crippen molar-refractivity contribution in [3.63, 3.8) is 0 Å². The Morgan fingerprint density at radius 2 is 1.94 bits per heavy atom. The lowest BCUT2D eigenvalue weighted by atomic mass is 10.0. The molecule has 2 aromatic heterocycles. The molecule has 180 valence electrons. The Morgan fingerprint density at radius 3 is 2.68 bits per heavy atom. The van der Waals surface area contributed by atoms with Gasteiger partial charge in [-0.1, -0.05) is 18.6 Å². The van der Waals surface area contributed by atoms with Crippen LogP contribution in [0.3, 0.4) is 0 Å². The predicted octanol–water partition coefficient (Wildman–Crippen LogP) is 3.68. The molecule has 0 radical (unpaired) electrons. The van der Waals surface area contributed by atoms with Crippen LogP contribution >= 0.6 is 22.7 Å². The summed E-state index contributed by atoms with van der Waals surface area (Å²) in [4.78, 5) is 33.0. The highest BCUT2D eigenvalue weighted by atomic mass is 32.2. The van der Waals surface area contributed by atoms with E-state index in [1.807, 2.05) is 24.3 Å². The number of sulfonamides is 1. The molecule has 0 saturated carbocycles. The first-order chi connectivity index (χ1) is 16.2. The predicted molar refractivity (Wildman–Crippen MR) is 136 cm³/mol. The minimum absolute atomic E-state index is 0.0252. The van der Waals surface area contributed by atoms with Gasteiger partial charge in [-0.25, -0.2) is 13.4 Å². The normalized spacial score (nSPS) is 19.2. The van der Waals surface area contributed by atoms with Crippen molar-refractivity contribution in [1.82, 2.24) is 14.2 Å². The number of fused-ring (bicyclic) bond motifs is 2. The van der Waals surface area contributed by atoms with Crippen molar-refractivity contribution in [2.24, 2.45) is 0 Å². The number of anilines is 1. The van der Waals surface area contributed by atoms with Gasteiger partial charge in [-0.05, 0) is 37.0 Å². The monoisotopic (exact) mass is 518 g/mol. The number of thiazole rings is 1. The molecule has 1 unspecified atom stereocenters. The fourth-order valence-corrected chi connectivity index (χ4v) is 8.23. The fourth-order valence-electron chi connectivity index (χ4n) is 4.72. The molecule has 11 heteroatoms. The van der Waals surface area contributed by atoms with Crippen LogP contribution in [0.4, 0.5) is 5.00 Å². The van der Waals surface area contributed by atoms with Gasteiger partial charge in [-0.15, -0.1) is 22.7 Å². The van der Waals surface area contributed by atoms with Crippen molar-refractivity contribution >= 4 is 59.7 Å². The second-order valence-corrected chi connectivity index (χ2v) is 12.8. The summed E-state index contributed by atoms with van der Waals surface area (Å²) >= 11 is 3.04. The summed E-state index contributed by atoms with van der Waals surface area (Å²) in [5.74, 6) is -0.285. The van der Waals surface area contributed by atoms with Crippen molar-refractivity contribution in [2.75, 3.05) is 24.7 Å². The topological polar surface area (TPSA) is 99.7 Å². The van der Waals surface area contributed by atoms with Crippen LogP contribution in [0.1, 0.15) is 36.6 Å². The zero-order valence-electron chi connectivity index (χ0n) is 19.0. The molecule has 1 fully saturated rings. The summed E-state index contributed by atoms with van der Waals surface area (Å²) in [6.45, 7) is 3.05. The maximum Gasteiger partial charge on any atom is 0.243 e. The molecular formula is C23H26N4O4S3. The second-order valence-electron chi connectivity index (χ2n) is 8.76. The summed E-state index contributed by atoms with van der Waals surface area (Å²) in [6, 6.07) is 7.20. The van der Waals surface area contributed by atoms with Crippen LogP contribution in [0.2, 0.25) is 0 Å². The third-order valence-corrected chi connectivity index (χ3v) is 9.90. The molecule has 5 rings (SSSR count). The minimum Gasteiger partial charge on any atom is -0.337 e. The van der Waals surface area contributed by atoms with E-state index >= 15 is 0 Å². The third kappa shape index (κ3) is 4.37.